The van der Waals surface area contributed by atoms with Crippen molar-refractivity contribution in [1.29, 1.82) is 0 Å². The van der Waals surface area contributed by atoms with Crippen LogP contribution in [-0.2, 0) is 5.54 Å². The molecule has 3 rings (SSSR count). The Morgan fingerprint density at radius 2 is 1.96 bits per heavy atom. The Bertz CT molecular complexity index is 932. The molecule has 0 aliphatic heterocycles. The molecule has 1 amide bonds. The van der Waals surface area contributed by atoms with Crippen LogP contribution >= 0.6 is 0 Å². The van der Waals surface area contributed by atoms with E-state index in [1.165, 1.54) is 12.1 Å². The van der Waals surface area contributed by atoms with E-state index < -0.39 is 5.54 Å². The average Bonchev–Trinajstić information content (AvgIpc) is 2.99. The van der Waals surface area contributed by atoms with Crippen LogP contribution in [0.15, 0.2) is 36.7 Å². The van der Waals surface area contributed by atoms with Crippen LogP contribution in [0.1, 0.15) is 47.7 Å². The fourth-order valence-electron chi connectivity index (χ4n) is 2.93. The lowest BCUT2D eigenvalue weighted by molar-refractivity contribution is 0.0899. The fraction of sp³-hybridized carbons (Fsp3) is 0.316. The first-order valence-electron chi connectivity index (χ1n) is 8.24. The van der Waals surface area contributed by atoms with Gasteiger partial charge in [0.2, 0.25) is 0 Å². The zero-order valence-electron chi connectivity index (χ0n) is 14.8. The lowest BCUT2D eigenvalue weighted by Crippen LogP contribution is -2.43. The number of carbonyl (C=O) groups excluding carboxylic acids is 1. The zero-order chi connectivity index (χ0) is 18.2. The minimum Gasteiger partial charge on any atom is -0.341 e. The third-order valence-corrected chi connectivity index (χ3v) is 4.62. The molecular formula is C19H21FN4O. The normalized spacial score (nSPS) is 13.6. The number of amides is 1. The minimum atomic E-state index is -0.625. The Balaban J connectivity index is 1.97. The number of benzene rings is 1. The van der Waals surface area contributed by atoms with Crippen LogP contribution in [0.5, 0.6) is 0 Å². The number of rotatable bonds is 4. The lowest BCUT2D eigenvalue weighted by atomic mass is 9.89. The molecule has 0 saturated heterocycles. The number of aromatic nitrogens is 3. The first-order valence-corrected chi connectivity index (χ1v) is 8.24. The number of hydrogen-bond donors (Lipinski definition) is 1. The quantitative estimate of drug-likeness (QED) is 0.790. The Labute approximate surface area is 145 Å². The standard InChI is InChI=1S/C19H21FN4O/c1-5-19(4,14-6-8-15(20)9-7-14)23-18(25)16-17-22-12(2)10-13(3)24(17)11-21-16/h6-11H,5H2,1-4H3,(H,23,25). The van der Waals surface area contributed by atoms with Crippen molar-refractivity contribution >= 4 is 11.6 Å². The topological polar surface area (TPSA) is 59.3 Å². The molecule has 130 valence electrons. The van der Waals surface area contributed by atoms with Gasteiger partial charge >= 0.3 is 0 Å². The molecule has 25 heavy (non-hydrogen) atoms. The van der Waals surface area contributed by atoms with Crippen molar-refractivity contribution in [2.45, 2.75) is 39.7 Å². The van der Waals surface area contributed by atoms with Crippen LogP contribution in [0.4, 0.5) is 4.39 Å². The highest BCUT2D eigenvalue weighted by molar-refractivity contribution is 5.98. The Kier molecular flexibility index (Phi) is 4.29. The number of imidazole rings is 1. The molecule has 0 bridgehead atoms. The van der Waals surface area contributed by atoms with Crippen LogP contribution in [-0.4, -0.2) is 20.3 Å². The van der Waals surface area contributed by atoms with Gasteiger partial charge in [-0.3, -0.25) is 9.20 Å². The Morgan fingerprint density at radius 1 is 1.28 bits per heavy atom. The van der Waals surface area contributed by atoms with Crippen LogP contribution in [0, 0.1) is 19.7 Å². The molecule has 1 atom stereocenters. The average molecular weight is 340 g/mol. The molecule has 3 aromatic rings. The van der Waals surface area contributed by atoms with Gasteiger partial charge in [-0.1, -0.05) is 19.1 Å². The highest BCUT2D eigenvalue weighted by atomic mass is 19.1. The Hall–Kier alpha value is -2.76. The van der Waals surface area contributed by atoms with Gasteiger partial charge in [-0.25, -0.2) is 14.4 Å². The van der Waals surface area contributed by atoms with Crippen LogP contribution in [0.3, 0.4) is 0 Å². The van der Waals surface area contributed by atoms with Gasteiger partial charge in [0, 0.05) is 11.4 Å². The van der Waals surface area contributed by atoms with Gasteiger partial charge in [-0.2, -0.15) is 0 Å². The van der Waals surface area contributed by atoms with Crippen LogP contribution < -0.4 is 5.32 Å². The molecular weight excluding hydrogens is 319 g/mol. The number of fused-ring (bicyclic) bond motifs is 1. The molecule has 2 heterocycles. The van der Waals surface area contributed by atoms with Gasteiger partial charge < -0.3 is 5.32 Å². The summed E-state index contributed by atoms with van der Waals surface area (Å²) >= 11 is 0. The summed E-state index contributed by atoms with van der Waals surface area (Å²) in [6.07, 6.45) is 2.26. The number of nitrogens with zero attached hydrogens (tertiary/aromatic N) is 3. The van der Waals surface area contributed by atoms with E-state index in [1.54, 1.807) is 22.9 Å². The van der Waals surface area contributed by atoms with E-state index >= 15 is 0 Å². The number of hydrogen-bond acceptors (Lipinski definition) is 3. The van der Waals surface area contributed by atoms with Crippen molar-refractivity contribution in [2.24, 2.45) is 0 Å². The molecule has 1 N–H and O–H groups in total. The number of nitrogens with one attached hydrogen (secondary N) is 1. The predicted octanol–water partition coefficient (Wildman–Crippen LogP) is 3.54. The van der Waals surface area contributed by atoms with E-state index in [1.807, 2.05) is 33.8 Å². The SMILES string of the molecule is CCC(C)(NC(=O)c1ncn2c(C)cc(C)nc12)c1ccc(F)cc1. The maximum Gasteiger partial charge on any atom is 0.274 e. The van der Waals surface area contributed by atoms with Crippen LogP contribution in [0.2, 0.25) is 0 Å². The van der Waals surface area contributed by atoms with Gasteiger partial charge in [0.25, 0.3) is 5.91 Å². The van der Waals surface area contributed by atoms with Crippen molar-refractivity contribution in [3.05, 3.63) is 65.1 Å². The summed E-state index contributed by atoms with van der Waals surface area (Å²) in [4.78, 5) is 21.6. The van der Waals surface area contributed by atoms with E-state index in [4.69, 9.17) is 0 Å². The molecule has 0 fully saturated rings. The van der Waals surface area contributed by atoms with E-state index in [9.17, 15) is 9.18 Å². The lowest BCUT2D eigenvalue weighted by Gasteiger charge is -2.30. The maximum absolute atomic E-state index is 13.2. The van der Waals surface area contributed by atoms with E-state index in [-0.39, 0.29) is 17.4 Å². The predicted molar refractivity (Wildman–Crippen MR) is 94.0 cm³/mol. The van der Waals surface area contributed by atoms with Gasteiger partial charge in [0.05, 0.1) is 5.54 Å². The smallest absolute Gasteiger partial charge is 0.274 e. The number of aryl methyl sites for hydroxylation is 2. The molecule has 0 spiro atoms. The first-order chi connectivity index (χ1) is 11.8. The third kappa shape index (κ3) is 3.12. The second kappa shape index (κ2) is 6.27. The summed E-state index contributed by atoms with van der Waals surface area (Å²) < 4.78 is 15.0. The second-order valence-electron chi connectivity index (χ2n) is 6.47. The van der Waals surface area contributed by atoms with E-state index in [0.717, 1.165) is 17.0 Å². The van der Waals surface area contributed by atoms with Gasteiger partial charge in [0.1, 0.15) is 12.1 Å². The summed E-state index contributed by atoms with van der Waals surface area (Å²) in [6.45, 7) is 7.72. The summed E-state index contributed by atoms with van der Waals surface area (Å²) in [5.41, 5.74) is 2.83. The van der Waals surface area contributed by atoms with Crippen molar-refractivity contribution in [2.75, 3.05) is 0 Å². The minimum absolute atomic E-state index is 0.286. The molecule has 5 nitrogen and oxygen atoms in total. The number of carbonyl (C=O) groups is 1. The van der Waals surface area contributed by atoms with Crippen LogP contribution in [0.25, 0.3) is 5.65 Å². The van der Waals surface area contributed by atoms with Crippen molar-refractivity contribution in [3.63, 3.8) is 0 Å². The molecule has 0 aliphatic carbocycles. The highest BCUT2D eigenvalue weighted by Gasteiger charge is 2.29. The third-order valence-electron chi connectivity index (χ3n) is 4.62. The molecule has 0 radical (unpaired) electrons. The largest absolute Gasteiger partial charge is 0.341 e. The Morgan fingerprint density at radius 3 is 2.60 bits per heavy atom. The second-order valence-corrected chi connectivity index (χ2v) is 6.47. The summed E-state index contributed by atoms with van der Waals surface area (Å²) in [5, 5.41) is 3.04. The molecule has 2 aromatic heterocycles. The van der Waals surface area contributed by atoms with E-state index in [2.05, 4.69) is 15.3 Å². The van der Waals surface area contributed by atoms with Gasteiger partial charge in [-0.05, 0) is 51.0 Å². The molecule has 6 heteroatoms. The first kappa shape index (κ1) is 17.1. The maximum atomic E-state index is 13.2. The number of halogens is 1. The summed E-state index contributed by atoms with van der Waals surface area (Å²) in [6, 6.07) is 8.12. The van der Waals surface area contributed by atoms with Gasteiger partial charge in [-0.15, -0.1) is 0 Å². The molecule has 0 saturated carbocycles. The van der Waals surface area contributed by atoms with Crippen molar-refractivity contribution in [3.8, 4) is 0 Å². The fourth-order valence-corrected chi connectivity index (χ4v) is 2.93. The monoisotopic (exact) mass is 340 g/mol. The summed E-state index contributed by atoms with van der Waals surface area (Å²) in [5.74, 6) is -0.600. The highest BCUT2D eigenvalue weighted by Crippen LogP contribution is 2.25. The molecule has 0 aliphatic rings. The molecule has 1 aromatic carbocycles. The zero-order valence-corrected chi connectivity index (χ0v) is 14.8. The van der Waals surface area contributed by atoms with E-state index in [0.29, 0.717) is 12.1 Å². The van der Waals surface area contributed by atoms with Crippen molar-refractivity contribution < 1.29 is 9.18 Å². The van der Waals surface area contributed by atoms with Gasteiger partial charge in [0.15, 0.2) is 11.3 Å². The summed E-state index contributed by atoms with van der Waals surface area (Å²) in [7, 11) is 0. The van der Waals surface area contributed by atoms with Crippen molar-refractivity contribution in [1.82, 2.24) is 19.7 Å². The molecule has 1 unspecified atom stereocenters.